The van der Waals surface area contributed by atoms with Crippen molar-refractivity contribution >= 4 is 16.0 Å². The molecular weight excluding hydrogens is 269 g/mol. The van der Waals surface area contributed by atoms with Crippen molar-refractivity contribution in [1.29, 1.82) is 0 Å². The molecule has 0 heterocycles. The van der Waals surface area contributed by atoms with Gasteiger partial charge < -0.3 is 11.1 Å². The van der Waals surface area contributed by atoms with E-state index in [-0.39, 0.29) is 26.1 Å². The average Bonchev–Trinajstić information content (AvgIpc) is 2.34. The molecule has 0 aromatic heterocycles. The number of carbonyl (C=O) groups is 1. The van der Waals surface area contributed by atoms with E-state index >= 15 is 0 Å². The molecule has 0 saturated heterocycles. The van der Waals surface area contributed by atoms with Crippen LogP contribution in [0.3, 0.4) is 0 Å². The number of hydrogen-bond donors (Lipinski definition) is 3. The minimum absolute atomic E-state index is 0. The summed E-state index contributed by atoms with van der Waals surface area (Å²) in [5, 5.41) is 2.54. The van der Waals surface area contributed by atoms with Crippen molar-refractivity contribution in [2.24, 2.45) is 5.73 Å². The fourth-order valence-electron chi connectivity index (χ4n) is 1.56. The minimum Gasteiger partial charge on any atom is -0.355 e. The Morgan fingerprint density at radius 3 is 2.58 bits per heavy atom. The highest BCUT2D eigenvalue weighted by atomic mass is 32.2. The van der Waals surface area contributed by atoms with Gasteiger partial charge in [0.05, 0.1) is 11.8 Å². The van der Waals surface area contributed by atoms with Crippen LogP contribution in [0.4, 0.5) is 0 Å². The summed E-state index contributed by atoms with van der Waals surface area (Å²) < 4.78 is 29.5. The molecule has 1 aromatic carbocycles. The lowest BCUT2D eigenvalue weighted by Gasteiger charge is -2.12. The van der Waals surface area contributed by atoms with Crippen molar-refractivity contribution in [3.05, 3.63) is 35.9 Å². The first kappa shape index (κ1) is 15.6. The SMILES string of the molecule is N[C@@H](Cc1ccccc1)C(=O)[15NH]CCCS(=O)(=O)O.[HH]. The Labute approximate surface area is 114 Å². The van der Waals surface area contributed by atoms with E-state index in [1.807, 2.05) is 30.3 Å². The van der Waals surface area contributed by atoms with E-state index in [2.05, 4.69) is 5.32 Å². The van der Waals surface area contributed by atoms with Gasteiger partial charge in [0, 0.05) is 7.97 Å². The van der Waals surface area contributed by atoms with Crippen LogP contribution in [0.15, 0.2) is 30.3 Å². The third kappa shape index (κ3) is 6.90. The fourth-order valence-corrected chi connectivity index (χ4v) is 2.07. The molecule has 0 aliphatic carbocycles. The predicted octanol–water partition coefficient (Wildman–Crippen LogP) is 0.197. The van der Waals surface area contributed by atoms with Gasteiger partial charge in [0.1, 0.15) is 0 Å². The van der Waals surface area contributed by atoms with Crippen LogP contribution in [0.25, 0.3) is 0 Å². The average molecular weight is 289 g/mol. The maximum atomic E-state index is 11.6. The van der Waals surface area contributed by atoms with Crippen LogP contribution in [-0.4, -0.2) is 37.2 Å². The van der Waals surface area contributed by atoms with Gasteiger partial charge >= 0.3 is 0 Å². The number of benzene rings is 1. The second-order valence-corrected chi connectivity index (χ2v) is 5.80. The van der Waals surface area contributed by atoms with Gasteiger partial charge in [-0.2, -0.15) is 8.42 Å². The van der Waals surface area contributed by atoms with E-state index in [1.165, 1.54) is 0 Å². The van der Waals surface area contributed by atoms with Crippen LogP contribution in [0.1, 0.15) is 13.4 Å². The summed E-state index contributed by atoms with van der Waals surface area (Å²) in [6.45, 7) is 0.168. The number of hydrogen-bond acceptors (Lipinski definition) is 4. The van der Waals surface area contributed by atoms with Crippen molar-refractivity contribution in [2.75, 3.05) is 12.3 Å². The molecule has 0 unspecified atom stereocenters. The summed E-state index contributed by atoms with van der Waals surface area (Å²) in [4.78, 5) is 11.6. The molecule has 4 N–H and O–H groups in total. The largest absolute Gasteiger partial charge is 0.355 e. The summed E-state index contributed by atoms with van der Waals surface area (Å²) >= 11 is 0. The maximum absolute atomic E-state index is 11.6. The number of nitrogens with two attached hydrogens (primary N) is 1. The van der Waals surface area contributed by atoms with Crippen molar-refractivity contribution in [1.82, 2.24) is 5.32 Å². The molecule has 1 atom stereocenters. The molecule has 7 heteroatoms. The zero-order valence-electron chi connectivity index (χ0n) is 10.5. The standard InChI is InChI=1S/C12H18N2O4S.H2/c13-11(9-10-5-2-1-3-6-10)12(15)14-7-4-8-19(16,17)18;/h1-3,5-6,11H,4,7-9,13H2,(H,14,15)(H,16,17,18);1H/t11-;/m0./s1/i14+1;. The van der Waals surface area contributed by atoms with Crippen molar-refractivity contribution in [2.45, 2.75) is 18.9 Å². The maximum Gasteiger partial charge on any atom is 0.264 e. The highest BCUT2D eigenvalue weighted by Gasteiger charge is 2.13. The summed E-state index contributed by atoms with van der Waals surface area (Å²) in [5.74, 6) is -0.708. The lowest BCUT2D eigenvalue weighted by Crippen LogP contribution is -2.42. The monoisotopic (exact) mass is 289 g/mol. The molecule has 6 nitrogen and oxygen atoms in total. The van der Waals surface area contributed by atoms with Gasteiger partial charge in [-0.1, -0.05) is 30.3 Å². The van der Waals surface area contributed by atoms with E-state index in [9.17, 15) is 13.2 Å². The van der Waals surface area contributed by atoms with E-state index in [4.69, 9.17) is 10.3 Å². The molecular formula is C12H20N2O4S. The molecule has 1 rings (SSSR count). The molecule has 0 saturated carbocycles. The lowest BCUT2D eigenvalue weighted by molar-refractivity contribution is -0.122. The normalized spacial score (nSPS) is 12.9. The Bertz CT molecular complexity index is 507. The number of amides is 1. The Hall–Kier alpha value is -1.44. The van der Waals surface area contributed by atoms with E-state index in [1.54, 1.807) is 0 Å². The fraction of sp³-hybridized carbons (Fsp3) is 0.417. The van der Waals surface area contributed by atoms with Gasteiger partial charge in [-0.15, -0.1) is 0 Å². The summed E-state index contributed by atoms with van der Waals surface area (Å²) in [5.41, 5.74) is 6.70. The second-order valence-electron chi connectivity index (χ2n) is 4.23. The summed E-state index contributed by atoms with van der Waals surface area (Å²) in [6.07, 6.45) is 0.577. The van der Waals surface area contributed by atoms with E-state index < -0.39 is 16.2 Å². The molecule has 0 aliphatic heterocycles. The van der Waals surface area contributed by atoms with Crippen molar-refractivity contribution in [3.63, 3.8) is 0 Å². The molecule has 1 aromatic rings. The quantitative estimate of drug-likeness (QED) is 0.377. The third-order valence-corrected chi connectivity index (χ3v) is 3.32. The summed E-state index contributed by atoms with van der Waals surface area (Å²) in [7, 11) is -3.97. The highest BCUT2D eigenvalue weighted by Crippen LogP contribution is 2.01. The molecule has 0 bridgehead atoms. The van der Waals surface area contributed by atoms with Gasteiger partial charge in [0.15, 0.2) is 0 Å². The van der Waals surface area contributed by atoms with Crippen LogP contribution in [0.2, 0.25) is 0 Å². The highest BCUT2D eigenvalue weighted by molar-refractivity contribution is 7.85. The number of nitrogens with one attached hydrogen (secondary N) is 1. The van der Waals surface area contributed by atoms with Crippen LogP contribution >= 0.6 is 0 Å². The predicted molar refractivity (Wildman–Crippen MR) is 74.3 cm³/mol. The van der Waals surface area contributed by atoms with Crippen molar-refractivity contribution < 1.29 is 19.2 Å². The first-order valence-corrected chi connectivity index (χ1v) is 7.52. The smallest absolute Gasteiger partial charge is 0.264 e. The molecule has 108 valence electrons. The Morgan fingerprint density at radius 2 is 2.00 bits per heavy atom. The van der Waals surface area contributed by atoms with Crippen molar-refractivity contribution in [3.8, 4) is 0 Å². The second kappa shape index (κ2) is 7.22. The van der Waals surface area contributed by atoms with E-state index in [0.717, 1.165) is 5.56 Å². The number of carbonyl (C=O) groups excluding carboxylic acids is 1. The van der Waals surface area contributed by atoms with Gasteiger partial charge in [-0.3, -0.25) is 9.35 Å². The Morgan fingerprint density at radius 1 is 1.37 bits per heavy atom. The van der Waals surface area contributed by atoms with Crippen LogP contribution in [0.5, 0.6) is 0 Å². The first-order chi connectivity index (χ1) is 8.88. The van der Waals surface area contributed by atoms with Crippen LogP contribution < -0.4 is 11.1 Å². The zero-order valence-corrected chi connectivity index (χ0v) is 11.3. The van der Waals surface area contributed by atoms with Crippen LogP contribution in [-0.2, 0) is 21.3 Å². The van der Waals surface area contributed by atoms with Crippen LogP contribution in [0, 0.1) is 0 Å². The van der Waals surface area contributed by atoms with E-state index in [0.29, 0.717) is 6.42 Å². The topological polar surface area (TPSA) is 109 Å². The number of rotatable bonds is 7. The minimum atomic E-state index is -3.97. The molecule has 0 spiro atoms. The Kier molecular flexibility index (Phi) is 5.94. The first-order valence-electron chi connectivity index (χ1n) is 5.91. The molecule has 1 amide bonds. The van der Waals surface area contributed by atoms with Gasteiger partial charge in [0.2, 0.25) is 5.91 Å². The van der Waals surface area contributed by atoms with Gasteiger partial charge in [0.25, 0.3) is 10.1 Å². The lowest BCUT2D eigenvalue weighted by atomic mass is 10.1. The summed E-state index contributed by atoms with van der Waals surface area (Å²) in [6, 6.07) is 8.70. The molecule has 0 fully saturated rings. The Balaban J connectivity index is 0.00000361. The van der Waals surface area contributed by atoms with Gasteiger partial charge in [-0.05, 0) is 18.4 Å². The molecule has 19 heavy (non-hydrogen) atoms. The van der Waals surface area contributed by atoms with Gasteiger partial charge in [-0.25, -0.2) is 0 Å². The third-order valence-electron chi connectivity index (χ3n) is 2.51. The zero-order chi connectivity index (χ0) is 14.3. The molecule has 0 aliphatic rings. The molecule has 0 radical (unpaired) electrons.